The standard InChI is InChI=1S/C28H30N4O6/c1-18-23-15-27(38-4)26(37-3)14-20(23)11-12-31(18)17-21-13-19(9-10-25(21)36-2)16-29-30-28(33)22-7-5-6-8-24(22)32(34)35/h5-10,13-16,18H,11-12,17H2,1-4H3,(H,30,33)/b29-16+. The zero-order valence-corrected chi connectivity index (χ0v) is 21.8. The molecule has 0 aliphatic carbocycles. The van der Waals surface area contributed by atoms with Crippen molar-refractivity contribution in [3.05, 3.63) is 92.5 Å². The van der Waals surface area contributed by atoms with E-state index in [1.54, 1.807) is 27.4 Å². The Kier molecular flexibility index (Phi) is 8.22. The smallest absolute Gasteiger partial charge is 0.282 e. The Balaban J connectivity index is 1.50. The molecule has 10 heteroatoms. The zero-order chi connectivity index (χ0) is 27.2. The lowest BCUT2D eigenvalue weighted by molar-refractivity contribution is -0.385. The number of hydrazone groups is 1. The number of carbonyl (C=O) groups excluding carboxylic acids is 1. The maximum absolute atomic E-state index is 12.4. The SMILES string of the molecule is COc1ccc(/C=N/NC(=O)c2ccccc2[N+](=O)[O-])cc1CN1CCc2cc(OC)c(OC)cc2C1C. The second-order valence-corrected chi connectivity index (χ2v) is 8.85. The van der Waals surface area contributed by atoms with Gasteiger partial charge in [0.2, 0.25) is 0 Å². The van der Waals surface area contributed by atoms with Gasteiger partial charge in [0.1, 0.15) is 11.3 Å². The first-order valence-corrected chi connectivity index (χ1v) is 12.1. The molecule has 0 bridgehead atoms. The molecule has 0 aromatic heterocycles. The Labute approximate surface area is 221 Å². The number of methoxy groups -OCH3 is 3. The fraction of sp³-hybridized carbons (Fsp3) is 0.286. The minimum absolute atomic E-state index is 0.0568. The van der Waals surface area contributed by atoms with Crippen LogP contribution in [0, 0.1) is 10.1 Å². The van der Waals surface area contributed by atoms with Crippen molar-refractivity contribution in [2.75, 3.05) is 27.9 Å². The minimum atomic E-state index is -0.657. The highest BCUT2D eigenvalue weighted by Gasteiger charge is 2.27. The molecule has 0 spiro atoms. The van der Waals surface area contributed by atoms with Crippen LogP contribution in [0.3, 0.4) is 0 Å². The van der Waals surface area contributed by atoms with Crippen molar-refractivity contribution >= 4 is 17.8 Å². The number of benzene rings is 3. The van der Waals surface area contributed by atoms with E-state index < -0.39 is 10.8 Å². The molecule has 3 aromatic carbocycles. The molecule has 10 nitrogen and oxygen atoms in total. The van der Waals surface area contributed by atoms with Gasteiger partial charge >= 0.3 is 0 Å². The monoisotopic (exact) mass is 518 g/mol. The van der Waals surface area contributed by atoms with Gasteiger partial charge < -0.3 is 14.2 Å². The molecule has 1 atom stereocenters. The Morgan fingerprint density at radius 1 is 1.08 bits per heavy atom. The van der Waals surface area contributed by atoms with Crippen molar-refractivity contribution < 1.29 is 23.9 Å². The Morgan fingerprint density at radius 3 is 2.50 bits per heavy atom. The van der Waals surface area contributed by atoms with Crippen LogP contribution in [0.1, 0.15) is 45.6 Å². The molecule has 0 fully saturated rings. The molecule has 0 saturated heterocycles. The van der Waals surface area contributed by atoms with Crippen LogP contribution >= 0.6 is 0 Å². The van der Waals surface area contributed by atoms with E-state index >= 15 is 0 Å². The van der Waals surface area contributed by atoms with Crippen LogP contribution in [-0.4, -0.2) is 49.8 Å². The fourth-order valence-corrected chi connectivity index (χ4v) is 4.68. The van der Waals surface area contributed by atoms with Crippen LogP contribution in [0.15, 0.2) is 59.7 Å². The molecule has 1 amide bonds. The molecule has 1 N–H and O–H groups in total. The van der Waals surface area contributed by atoms with Gasteiger partial charge in [0.25, 0.3) is 11.6 Å². The fourth-order valence-electron chi connectivity index (χ4n) is 4.68. The van der Waals surface area contributed by atoms with Gasteiger partial charge in [0.05, 0.1) is 32.5 Å². The summed E-state index contributed by atoms with van der Waals surface area (Å²) in [6.45, 7) is 3.67. The van der Waals surface area contributed by atoms with Crippen LogP contribution in [0.5, 0.6) is 17.2 Å². The Bertz CT molecular complexity index is 1370. The number of hydrogen-bond acceptors (Lipinski definition) is 8. The van der Waals surface area contributed by atoms with Gasteiger partial charge in [0.15, 0.2) is 11.5 Å². The van der Waals surface area contributed by atoms with Crippen LogP contribution in [0.25, 0.3) is 0 Å². The average Bonchev–Trinajstić information content (AvgIpc) is 2.94. The van der Waals surface area contributed by atoms with Gasteiger partial charge in [-0.3, -0.25) is 19.8 Å². The first-order chi connectivity index (χ1) is 18.4. The zero-order valence-electron chi connectivity index (χ0n) is 21.8. The molecule has 0 saturated carbocycles. The number of nitro benzene ring substituents is 1. The molecular weight excluding hydrogens is 488 g/mol. The number of para-hydroxylation sites is 1. The number of hydrogen-bond donors (Lipinski definition) is 1. The van der Waals surface area contributed by atoms with Gasteiger partial charge in [-0.1, -0.05) is 12.1 Å². The Hall–Kier alpha value is -4.44. The summed E-state index contributed by atoms with van der Waals surface area (Å²) < 4.78 is 16.6. The summed E-state index contributed by atoms with van der Waals surface area (Å²) in [6, 6.07) is 15.6. The van der Waals surface area contributed by atoms with Gasteiger partial charge in [0, 0.05) is 30.8 Å². The molecule has 4 rings (SSSR count). The summed E-state index contributed by atoms with van der Waals surface area (Å²) in [5.74, 6) is 1.53. The quantitative estimate of drug-likeness (QED) is 0.252. The highest BCUT2D eigenvalue weighted by Crippen LogP contribution is 2.39. The molecular formula is C28H30N4O6. The first kappa shape index (κ1) is 26.6. The number of rotatable bonds is 9. The first-order valence-electron chi connectivity index (χ1n) is 12.1. The number of carbonyl (C=O) groups is 1. The van der Waals surface area contributed by atoms with Gasteiger partial charge in [-0.05, 0) is 66.4 Å². The summed E-state index contributed by atoms with van der Waals surface area (Å²) >= 11 is 0. The summed E-state index contributed by atoms with van der Waals surface area (Å²) in [6.07, 6.45) is 2.38. The van der Waals surface area contributed by atoms with Crippen molar-refractivity contribution in [1.29, 1.82) is 0 Å². The van der Waals surface area contributed by atoms with E-state index in [-0.39, 0.29) is 17.3 Å². The number of amides is 1. The molecule has 38 heavy (non-hydrogen) atoms. The third-order valence-electron chi connectivity index (χ3n) is 6.71. The molecule has 1 aliphatic heterocycles. The number of nitrogens with zero attached hydrogens (tertiary/aromatic N) is 3. The summed E-state index contributed by atoms with van der Waals surface area (Å²) in [4.78, 5) is 25.4. The molecule has 3 aromatic rings. The number of ether oxygens (including phenoxy) is 3. The van der Waals surface area contributed by atoms with E-state index in [1.807, 2.05) is 24.3 Å². The van der Waals surface area contributed by atoms with Crippen molar-refractivity contribution in [3.8, 4) is 17.2 Å². The Morgan fingerprint density at radius 2 is 1.79 bits per heavy atom. The topological polar surface area (TPSA) is 116 Å². The van der Waals surface area contributed by atoms with E-state index in [2.05, 4.69) is 28.4 Å². The lowest BCUT2D eigenvalue weighted by Crippen LogP contribution is -2.33. The van der Waals surface area contributed by atoms with Crippen LogP contribution in [0.2, 0.25) is 0 Å². The van der Waals surface area contributed by atoms with Crippen molar-refractivity contribution in [2.45, 2.75) is 25.9 Å². The van der Waals surface area contributed by atoms with E-state index in [0.717, 1.165) is 35.6 Å². The minimum Gasteiger partial charge on any atom is -0.496 e. The second kappa shape index (κ2) is 11.7. The summed E-state index contributed by atoms with van der Waals surface area (Å²) in [7, 11) is 4.91. The largest absolute Gasteiger partial charge is 0.496 e. The number of fused-ring (bicyclic) bond motifs is 1. The third-order valence-corrected chi connectivity index (χ3v) is 6.71. The van der Waals surface area contributed by atoms with Gasteiger partial charge in [-0.15, -0.1) is 0 Å². The third kappa shape index (κ3) is 5.60. The van der Waals surface area contributed by atoms with Crippen LogP contribution in [0.4, 0.5) is 5.69 Å². The molecule has 1 aliphatic rings. The van der Waals surface area contributed by atoms with E-state index in [4.69, 9.17) is 14.2 Å². The summed E-state index contributed by atoms with van der Waals surface area (Å²) in [5, 5.41) is 15.2. The molecule has 198 valence electrons. The van der Waals surface area contributed by atoms with Crippen LogP contribution < -0.4 is 19.6 Å². The van der Waals surface area contributed by atoms with E-state index in [0.29, 0.717) is 12.3 Å². The summed E-state index contributed by atoms with van der Waals surface area (Å²) in [5.41, 5.74) is 6.20. The molecule has 0 radical (unpaired) electrons. The highest BCUT2D eigenvalue weighted by atomic mass is 16.6. The lowest BCUT2D eigenvalue weighted by atomic mass is 9.92. The normalized spacial score (nSPS) is 15.1. The average molecular weight is 519 g/mol. The van der Waals surface area contributed by atoms with E-state index in [9.17, 15) is 14.9 Å². The lowest BCUT2D eigenvalue weighted by Gasteiger charge is -2.36. The van der Waals surface area contributed by atoms with Crippen molar-refractivity contribution in [1.82, 2.24) is 10.3 Å². The van der Waals surface area contributed by atoms with Crippen molar-refractivity contribution in [2.24, 2.45) is 5.10 Å². The molecule has 1 heterocycles. The predicted octanol–water partition coefficient (Wildman–Crippen LogP) is 4.50. The maximum atomic E-state index is 12.4. The number of nitrogens with one attached hydrogen (secondary N) is 1. The number of nitro groups is 1. The second-order valence-electron chi connectivity index (χ2n) is 8.85. The van der Waals surface area contributed by atoms with E-state index in [1.165, 1.54) is 35.5 Å². The van der Waals surface area contributed by atoms with Crippen LogP contribution in [-0.2, 0) is 13.0 Å². The highest BCUT2D eigenvalue weighted by molar-refractivity contribution is 5.98. The predicted molar refractivity (Wildman–Crippen MR) is 143 cm³/mol. The van der Waals surface area contributed by atoms with Gasteiger partial charge in [-0.25, -0.2) is 5.43 Å². The van der Waals surface area contributed by atoms with Crippen molar-refractivity contribution in [3.63, 3.8) is 0 Å². The van der Waals surface area contributed by atoms with Gasteiger partial charge in [-0.2, -0.15) is 5.10 Å². The maximum Gasteiger partial charge on any atom is 0.282 e. The molecule has 1 unspecified atom stereocenters.